The highest BCUT2D eigenvalue weighted by molar-refractivity contribution is 8.15. The third-order valence-corrected chi connectivity index (χ3v) is 10.8. The summed E-state index contributed by atoms with van der Waals surface area (Å²) in [6, 6.07) is 6.75. The van der Waals surface area contributed by atoms with Crippen molar-refractivity contribution in [2.75, 3.05) is 20.4 Å². The van der Waals surface area contributed by atoms with E-state index in [1.165, 1.54) is 36.3 Å². The molecule has 1 aromatic carbocycles. The number of benzene rings is 1. The van der Waals surface area contributed by atoms with Gasteiger partial charge in [0.2, 0.25) is 0 Å². The maximum atomic E-state index is 15.7. The zero-order chi connectivity index (χ0) is 34.1. The second-order valence-corrected chi connectivity index (χ2v) is 20.6. The number of carbonyl (C=O) groups excluding carboxylic acids is 2. The van der Waals surface area contributed by atoms with Crippen LogP contribution < -0.4 is 0 Å². The lowest BCUT2D eigenvalue weighted by molar-refractivity contribution is -0.141. The zero-order valence-electron chi connectivity index (χ0n) is 27.3. The van der Waals surface area contributed by atoms with Gasteiger partial charge in [0.05, 0.1) is 25.0 Å². The third kappa shape index (κ3) is 7.82. The fourth-order valence-corrected chi connectivity index (χ4v) is 7.41. The van der Waals surface area contributed by atoms with Gasteiger partial charge < -0.3 is 14.2 Å². The average molecular weight is 672 g/mol. The molecule has 246 valence electrons. The standard InChI is InChI=1S/C32H39F2N5O5SSi/c1-30(2,3)44-29(41)39(19-43-11-12-46(6,7)8)28-38-31(4,26-15-32(26,45-28)27(40)42-5)22-13-20(9-10-23(22)33)14-24(34)25-18-36-21(16-35)17-37-25/h9-10,13-14,17-18,26H,11-12,15,19H2,1-8H3/b24-14-/t26-,31+,32-/m0/s1. The Morgan fingerprint density at radius 1 is 1.24 bits per heavy atom. The number of halogens is 2. The third-order valence-electron chi connectivity index (χ3n) is 7.62. The Hall–Kier alpha value is -3.67. The molecule has 1 aliphatic heterocycles. The normalized spacial score (nSPS) is 22.7. The van der Waals surface area contributed by atoms with Gasteiger partial charge >= 0.3 is 12.1 Å². The van der Waals surface area contributed by atoms with E-state index in [1.54, 1.807) is 27.7 Å². The number of esters is 1. The molecule has 1 aromatic heterocycles. The van der Waals surface area contributed by atoms with Crippen LogP contribution in [-0.2, 0) is 24.5 Å². The molecule has 4 rings (SSSR count). The summed E-state index contributed by atoms with van der Waals surface area (Å²) in [5, 5.41) is 9.07. The van der Waals surface area contributed by atoms with Gasteiger partial charge in [0, 0.05) is 26.2 Å². The number of amidine groups is 1. The first-order chi connectivity index (χ1) is 21.4. The van der Waals surface area contributed by atoms with Gasteiger partial charge in [0.25, 0.3) is 0 Å². The predicted octanol–water partition coefficient (Wildman–Crippen LogP) is 6.75. The van der Waals surface area contributed by atoms with E-state index in [4.69, 9.17) is 24.5 Å². The highest BCUT2D eigenvalue weighted by Gasteiger charge is 2.72. The number of nitriles is 1. The van der Waals surface area contributed by atoms with Crippen LogP contribution in [-0.4, -0.2) is 71.0 Å². The molecule has 1 amide bonds. The largest absolute Gasteiger partial charge is 0.468 e. The summed E-state index contributed by atoms with van der Waals surface area (Å²) in [7, 11) is -0.157. The quantitative estimate of drug-likeness (QED) is 0.123. The number of ether oxygens (including phenoxy) is 3. The fourth-order valence-electron chi connectivity index (χ4n) is 5.06. The summed E-state index contributed by atoms with van der Waals surface area (Å²) in [4.78, 5) is 40.7. The van der Waals surface area contributed by atoms with E-state index in [9.17, 15) is 9.59 Å². The zero-order valence-corrected chi connectivity index (χ0v) is 29.1. The summed E-state index contributed by atoms with van der Waals surface area (Å²) < 4.78 is 46.6. The molecule has 0 unspecified atom stereocenters. The number of fused-ring (bicyclic) bond motifs is 1. The SMILES string of the molecule is COC(=O)[C@]12C[C@H]1[C@@](C)(c1cc(/C=C(\F)c3cnc(C#N)cn3)ccc1F)N=C(N(COCC[Si](C)(C)C)C(=O)OC(C)(C)C)S2. The van der Waals surface area contributed by atoms with Crippen LogP contribution in [0.25, 0.3) is 11.9 Å². The minimum atomic E-state index is -1.44. The number of aliphatic imine (C=N–C) groups is 1. The van der Waals surface area contributed by atoms with Crippen molar-refractivity contribution >= 4 is 49.0 Å². The Morgan fingerprint density at radius 3 is 2.54 bits per heavy atom. The molecule has 14 heteroatoms. The van der Waals surface area contributed by atoms with E-state index in [-0.39, 0.29) is 28.8 Å². The molecule has 3 atom stereocenters. The maximum absolute atomic E-state index is 15.7. The van der Waals surface area contributed by atoms with Gasteiger partial charge in [-0.15, -0.1) is 0 Å². The topological polar surface area (TPSA) is 127 Å². The monoisotopic (exact) mass is 671 g/mol. The van der Waals surface area contributed by atoms with Crippen molar-refractivity contribution in [2.45, 2.75) is 75.7 Å². The molecule has 2 aliphatic rings. The van der Waals surface area contributed by atoms with E-state index in [1.807, 2.05) is 6.07 Å². The van der Waals surface area contributed by atoms with E-state index in [0.717, 1.165) is 30.2 Å². The smallest absolute Gasteiger partial charge is 0.418 e. The fraction of sp³-hybridized carbons (Fsp3) is 0.500. The van der Waals surface area contributed by atoms with Crippen molar-refractivity contribution in [1.29, 1.82) is 5.26 Å². The van der Waals surface area contributed by atoms with Gasteiger partial charge in [-0.05, 0) is 63.9 Å². The van der Waals surface area contributed by atoms with Crippen molar-refractivity contribution in [3.05, 3.63) is 58.9 Å². The van der Waals surface area contributed by atoms with Crippen LogP contribution in [0.3, 0.4) is 0 Å². The first kappa shape index (κ1) is 35.2. The van der Waals surface area contributed by atoms with Gasteiger partial charge in [-0.3, -0.25) is 9.79 Å². The number of nitrogens with zero attached hydrogens (tertiary/aromatic N) is 5. The predicted molar refractivity (Wildman–Crippen MR) is 174 cm³/mol. The molecule has 2 heterocycles. The maximum Gasteiger partial charge on any atom is 0.418 e. The van der Waals surface area contributed by atoms with Gasteiger partial charge in [-0.25, -0.2) is 28.4 Å². The summed E-state index contributed by atoms with van der Waals surface area (Å²) in [5.41, 5.74) is -1.84. The number of hydrogen-bond donors (Lipinski definition) is 0. The van der Waals surface area contributed by atoms with Crippen molar-refractivity contribution in [3.63, 3.8) is 0 Å². The minimum absolute atomic E-state index is 0.0396. The Kier molecular flexibility index (Phi) is 10.1. The van der Waals surface area contributed by atoms with Crippen LogP contribution in [0, 0.1) is 23.1 Å². The van der Waals surface area contributed by atoms with Gasteiger partial charge in [-0.2, -0.15) is 5.26 Å². The Bertz CT molecular complexity index is 1600. The first-order valence-corrected chi connectivity index (χ1v) is 19.3. The molecule has 46 heavy (non-hydrogen) atoms. The summed E-state index contributed by atoms with van der Waals surface area (Å²) in [6.07, 6.45) is 3.04. The van der Waals surface area contributed by atoms with Gasteiger partial charge in [-0.1, -0.05) is 37.5 Å². The summed E-state index contributed by atoms with van der Waals surface area (Å²) >= 11 is 1.08. The first-order valence-electron chi connectivity index (χ1n) is 14.8. The molecule has 1 saturated carbocycles. The number of aromatic nitrogens is 2. The lowest BCUT2D eigenvalue weighted by atomic mass is 9.84. The second kappa shape index (κ2) is 13.2. The number of hydrogen-bond acceptors (Lipinski definition) is 10. The van der Waals surface area contributed by atoms with Crippen LogP contribution in [0.1, 0.15) is 56.6 Å². The number of rotatable bonds is 9. The molecule has 2 aromatic rings. The van der Waals surface area contributed by atoms with E-state index >= 15 is 8.78 Å². The number of carbonyl (C=O) groups is 2. The van der Waals surface area contributed by atoms with Crippen LogP contribution in [0.2, 0.25) is 25.7 Å². The summed E-state index contributed by atoms with van der Waals surface area (Å²) in [5.74, 6) is -2.37. The van der Waals surface area contributed by atoms with Crippen molar-refractivity contribution < 1.29 is 32.6 Å². The van der Waals surface area contributed by atoms with Crippen LogP contribution in [0.15, 0.2) is 35.6 Å². The molecule has 1 fully saturated rings. The minimum Gasteiger partial charge on any atom is -0.468 e. The molecule has 0 spiro atoms. The lowest BCUT2D eigenvalue weighted by Crippen LogP contribution is -2.47. The number of thioether (sulfide) groups is 1. The molecule has 0 bridgehead atoms. The Labute approximate surface area is 273 Å². The van der Waals surface area contributed by atoms with E-state index in [2.05, 4.69) is 29.6 Å². The molecule has 10 nitrogen and oxygen atoms in total. The molecule has 0 radical (unpaired) electrons. The van der Waals surface area contributed by atoms with Gasteiger partial charge in [0.1, 0.15) is 34.7 Å². The van der Waals surface area contributed by atoms with Crippen LogP contribution in [0.5, 0.6) is 0 Å². The highest BCUT2D eigenvalue weighted by Crippen LogP contribution is 2.67. The molecule has 0 N–H and O–H groups in total. The van der Waals surface area contributed by atoms with E-state index < -0.39 is 53.6 Å². The molecular weight excluding hydrogens is 633 g/mol. The van der Waals surface area contributed by atoms with Gasteiger partial charge in [0.15, 0.2) is 16.7 Å². The molecule has 1 aliphatic carbocycles. The Balaban J connectivity index is 1.77. The molecular formula is C32H39F2N5O5SSi. The number of methoxy groups -OCH3 is 1. The molecule has 0 saturated heterocycles. The average Bonchev–Trinajstić information content (AvgIpc) is 3.73. The van der Waals surface area contributed by atoms with E-state index in [0.29, 0.717) is 18.6 Å². The van der Waals surface area contributed by atoms with Crippen LogP contribution >= 0.6 is 11.8 Å². The highest BCUT2D eigenvalue weighted by atomic mass is 32.2. The Morgan fingerprint density at radius 2 is 1.96 bits per heavy atom. The van der Waals surface area contributed by atoms with Crippen molar-refractivity contribution in [1.82, 2.24) is 14.9 Å². The van der Waals surface area contributed by atoms with Crippen molar-refractivity contribution in [2.24, 2.45) is 10.9 Å². The summed E-state index contributed by atoms with van der Waals surface area (Å²) in [6.45, 7) is 13.8. The van der Waals surface area contributed by atoms with Crippen molar-refractivity contribution in [3.8, 4) is 6.07 Å². The second-order valence-electron chi connectivity index (χ2n) is 13.7. The lowest BCUT2D eigenvalue weighted by Gasteiger charge is -2.37. The van der Waals surface area contributed by atoms with Crippen LogP contribution in [0.4, 0.5) is 13.6 Å². The number of amides is 1.